The van der Waals surface area contributed by atoms with E-state index >= 15 is 0 Å². The summed E-state index contributed by atoms with van der Waals surface area (Å²) in [6.07, 6.45) is -5.87. The van der Waals surface area contributed by atoms with Gasteiger partial charge in [0.05, 0.1) is 6.61 Å². The molecule has 0 N–H and O–H groups in total. The molecule has 0 fully saturated rings. The maximum absolute atomic E-state index is 14.4. The second kappa shape index (κ2) is 8.21. The lowest BCUT2D eigenvalue weighted by Gasteiger charge is -2.21. The van der Waals surface area contributed by atoms with Crippen LogP contribution in [0.1, 0.15) is 23.1 Å². The summed E-state index contributed by atoms with van der Waals surface area (Å²) in [5.41, 5.74) is -1.43. The van der Waals surface area contributed by atoms with Crippen molar-refractivity contribution in [1.29, 1.82) is 0 Å². The molecule has 0 saturated heterocycles. The average molecular weight is 549 g/mol. The van der Waals surface area contributed by atoms with E-state index in [9.17, 15) is 26.7 Å². The van der Waals surface area contributed by atoms with Gasteiger partial charge in [-0.3, -0.25) is 4.40 Å². The van der Waals surface area contributed by atoms with Crippen molar-refractivity contribution >= 4 is 50.2 Å². The molecule has 12 heteroatoms. The molecule has 0 atom stereocenters. The van der Waals surface area contributed by atoms with Crippen LogP contribution in [0.2, 0.25) is 5.02 Å². The Morgan fingerprint density at radius 2 is 1.76 bits per heavy atom. The minimum Gasteiger partial charge on any atom is -0.461 e. The summed E-state index contributed by atoms with van der Waals surface area (Å²) in [5, 5.41) is 0.608. The Morgan fingerprint density at radius 1 is 1.09 bits per heavy atom. The van der Waals surface area contributed by atoms with Gasteiger partial charge in [0, 0.05) is 10.4 Å². The zero-order valence-corrected chi connectivity index (χ0v) is 18.9. The highest BCUT2D eigenvalue weighted by Crippen LogP contribution is 2.45. The van der Waals surface area contributed by atoms with Crippen molar-refractivity contribution in [3.8, 4) is 11.1 Å². The van der Waals surface area contributed by atoms with Crippen molar-refractivity contribution in [3.05, 3.63) is 63.5 Å². The zero-order valence-electron chi connectivity index (χ0n) is 16.6. The van der Waals surface area contributed by atoms with E-state index in [1.807, 2.05) is 0 Å². The molecule has 0 bridgehead atoms. The molecule has 4 aromatic rings. The molecule has 0 aliphatic carbocycles. The van der Waals surface area contributed by atoms with Crippen LogP contribution in [-0.2, 0) is 10.7 Å². The van der Waals surface area contributed by atoms with Crippen LogP contribution < -0.4 is 0 Å². The van der Waals surface area contributed by atoms with Crippen LogP contribution in [0.15, 0.2) is 47.1 Å². The van der Waals surface area contributed by atoms with Gasteiger partial charge in [0.25, 0.3) is 0 Å². The van der Waals surface area contributed by atoms with E-state index in [1.165, 1.54) is 40.8 Å². The third-order valence-electron chi connectivity index (χ3n) is 4.80. The molecular weight excluding hydrogens is 537 g/mol. The molecule has 0 radical (unpaired) electrons. The Labute approximate surface area is 196 Å². The van der Waals surface area contributed by atoms with Crippen LogP contribution in [0, 0.1) is 0 Å². The number of hydrogen-bond donors (Lipinski definition) is 0. The average Bonchev–Trinajstić information content (AvgIpc) is 3.10. The van der Waals surface area contributed by atoms with E-state index in [0.717, 1.165) is 0 Å². The Bertz CT molecular complexity index is 1390. The van der Waals surface area contributed by atoms with Crippen LogP contribution in [0.3, 0.4) is 0 Å². The number of carbonyl (C=O) groups is 1. The van der Waals surface area contributed by atoms with E-state index in [0.29, 0.717) is 16.7 Å². The fraction of sp³-hybridized carbons (Fsp3) is 0.190. The molecule has 3 heterocycles. The highest BCUT2D eigenvalue weighted by atomic mass is 79.9. The summed E-state index contributed by atoms with van der Waals surface area (Å²) < 4.78 is 74.4. The summed E-state index contributed by atoms with van der Waals surface area (Å²) in [6.45, 7) is 1.64. The van der Waals surface area contributed by atoms with Gasteiger partial charge in [-0.15, -0.1) is 0 Å². The molecule has 0 saturated carbocycles. The fourth-order valence-electron chi connectivity index (χ4n) is 3.27. The number of hydrogen-bond acceptors (Lipinski definition) is 4. The molecule has 0 spiro atoms. The van der Waals surface area contributed by atoms with Gasteiger partial charge in [-0.1, -0.05) is 23.7 Å². The lowest BCUT2D eigenvalue weighted by Crippen LogP contribution is -2.34. The third-order valence-corrected chi connectivity index (χ3v) is 5.78. The van der Waals surface area contributed by atoms with E-state index in [1.54, 1.807) is 6.92 Å². The molecule has 0 aliphatic heterocycles. The minimum atomic E-state index is -5.87. The smallest absolute Gasteiger partial charge is 0.459 e. The maximum Gasteiger partial charge on any atom is 0.459 e. The van der Waals surface area contributed by atoms with Gasteiger partial charge in [0.2, 0.25) is 0 Å². The van der Waals surface area contributed by atoms with Crippen molar-refractivity contribution in [2.45, 2.75) is 19.0 Å². The molecule has 33 heavy (non-hydrogen) atoms. The zero-order chi connectivity index (χ0) is 24.1. The van der Waals surface area contributed by atoms with Gasteiger partial charge in [0.1, 0.15) is 21.6 Å². The van der Waals surface area contributed by atoms with Crippen LogP contribution in [-0.4, -0.2) is 33.1 Å². The van der Waals surface area contributed by atoms with E-state index in [-0.39, 0.29) is 39.1 Å². The monoisotopic (exact) mass is 547 g/mol. The molecule has 0 unspecified atom stereocenters. The molecule has 0 aliphatic rings. The van der Waals surface area contributed by atoms with E-state index in [4.69, 9.17) is 16.3 Å². The molecule has 3 aromatic heterocycles. The summed E-state index contributed by atoms with van der Waals surface area (Å²) in [5.74, 6) is -6.03. The molecule has 172 valence electrons. The first-order chi connectivity index (χ1) is 15.5. The van der Waals surface area contributed by atoms with Gasteiger partial charge < -0.3 is 4.74 Å². The second-order valence-electron chi connectivity index (χ2n) is 6.87. The quantitative estimate of drug-likeness (QED) is 0.208. The van der Waals surface area contributed by atoms with E-state index < -0.39 is 23.8 Å². The Hall–Kier alpha value is -2.79. The van der Waals surface area contributed by atoms with Crippen LogP contribution in [0.25, 0.3) is 27.8 Å². The summed E-state index contributed by atoms with van der Waals surface area (Å²) in [6, 6.07) is 9.60. The topological polar surface area (TPSA) is 56.5 Å². The molecule has 5 nitrogen and oxygen atoms in total. The number of imidazole rings is 1. The first-order valence-corrected chi connectivity index (χ1v) is 10.5. The van der Waals surface area contributed by atoms with E-state index in [2.05, 4.69) is 25.9 Å². The van der Waals surface area contributed by atoms with Gasteiger partial charge in [-0.05, 0) is 64.3 Å². The molecule has 4 rings (SSSR count). The summed E-state index contributed by atoms with van der Waals surface area (Å²) in [7, 11) is 0. The second-order valence-corrected chi connectivity index (χ2v) is 8.06. The number of ether oxygens (including phenoxy) is 1. The normalized spacial score (nSPS) is 12.5. The van der Waals surface area contributed by atoms with Gasteiger partial charge in [0.15, 0.2) is 5.69 Å². The molecule has 0 amide bonds. The number of alkyl halides is 5. The number of nitrogens with zero attached hydrogens (tertiary/aromatic N) is 3. The van der Waals surface area contributed by atoms with Crippen molar-refractivity contribution in [1.82, 2.24) is 14.4 Å². The number of carbonyl (C=O) groups excluding carboxylic acids is 1. The highest BCUT2D eigenvalue weighted by Gasteiger charge is 2.60. The highest BCUT2D eigenvalue weighted by molar-refractivity contribution is 9.10. The molecule has 1 aromatic carbocycles. The SMILES string of the molecule is CCOC(=O)c1nc2ccc3c(-c4ccc(Cl)cc4)cc(C(F)(F)C(F)(F)F)nc3n2c1Br. The van der Waals surface area contributed by atoms with Crippen LogP contribution >= 0.6 is 27.5 Å². The Balaban J connectivity index is 2.11. The van der Waals surface area contributed by atoms with Crippen molar-refractivity contribution in [3.63, 3.8) is 0 Å². The fourth-order valence-corrected chi connectivity index (χ4v) is 3.99. The van der Waals surface area contributed by atoms with Gasteiger partial charge in [-0.25, -0.2) is 14.8 Å². The van der Waals surface area contributed by atoms with Crippen molar-refractivity contribution < 1.29 is 31.5 Å². The first kappa shape index (κ1) is 23.4. The summed E-state index contributed by atoms with van der Waals surface area (Å²) >= 11 is 9.08. The van der Waals surface area contributed by atoms with Gasteiger partial charge >= 0.3 is 18.1 Å². The van der Waals surface area contributed by atoms with Crippen molar-refractivity contribution in [2.75, 3.05) is 6.61 Å². The predicted molar refractivity (Wildman–Crippen MR) is 115 cm³/mol. The summed E-state index contributed by atoms with van der Waals surface area (Å²) in [4.78, 5) is 20.0. The predicted octanol–water partition coefficient (Wildman–Crippen LogP) is 6.80. The largest absolute Gasteiger partial charge is 0.461 e. The first-order valence-electron chi connectivity index (χ1n) is 9.35. The van der Waals surface area contributed by atoms with Crippen molar-refractivity contribution in [2.24, 2.45) is 0 Å². The van der Waals surface area contributed by atoms with Crippen LogP contribution in [0.5, 0.6) is 0 Å². The number of halogens is 7. The number of rotatable bonds is 4. The number of benzene rings is 1. The number of aromatic nitrogens is 3. The Kier molecular flexibility index (Phi) is 5.81. The molecular formula is C21H12BrClF5N3O2. The minimum absolute atomic E-state index is 0.00332. The standard InChI is InChI=1S/C21H12BrClF5N3O2/c1-2-33-19(32)16-17(22)31-15(30-16)8-7-12-13(10-3-5-11(23)6-4-10)9-14(29-18(12)31)20(24,25)21(26,27)28/h3-9H,2H2,1H3. The number of pyridine rings is 2. The van der Waals surface area contributed by atoms with Gasteiger partial charge in [-0.2, -0.15) is 22.0 Å². The third kappa shape index (κ3) is 3.93. The maximum atomic E-state index is 14.4. The lowest BCUT2D eigenvalue weighted by molar-refractivity contribution is -0.290. The number of esters is 1. The number of fused-ring (bicyclic) bond motifs is 3. The lowest BCUT2D eigenvalue weighted by atomic mass is 10.00. The Morgan fingerprint density at radius 3 is 2.36 bits per heavy atom. The van der Waals surface area contributed by atoms with Crippen LogP contribution in [0.4, 0.5) is 22.0 Å².